The van der Waals surface area contributed by atoms with Gasteiger partial charge in [0.05, 0.1) is 24.3 Å². The maximum absolute atomic E-state index is 13.1. The van der Waals surface area contributed by atoms with Crippen molar-refractivity contribution in [1.29, 1.82) is 0 Å². The lowest BCUT2D eigenvalue weighted by molar-refractivity contribution is -0.137. The zero-order valence-corrected chi connectivity index (χ0v) is 18.7. The summed E-state index contributed by atoms with van der Waals surface area (Å²) in [5.41, 5.74) is 0.451. The summed E-state index contributed by atoms with van der Waals surface area (Å²) < 4.78 is 56.5. The highest BCUT2D eigenvalue weighted by atomic mass is 19.4. The smallest absolute Gasteiger partial charge is 0.416 e. The average Bonchev–Trinajstić information content (AvgIpc) is 3.30. The molecule has 1 aliphatic rings. The minimum absolute atomic E-state index is 0.0400. The van der Waals surface area contributed by atoms with Crippen LogP contribution in [0.4, 0.5) is 19.0 Å². The van der Waals surface area contributed by atoms with Crippen molar-refractivity contribution >= 4 is 16.7 Å². The zero-order valence-electron chi connectivity index (χ0n) is 18.7. The molecular formula is C24H26F3N3O3. The number of ether oxygens (including phenoxy) is 3. The molecular weight excluding hydrogens is 435 g/mol. The van der Waals surface area contributed by atoms with Crippen LogP contribution in [-0.2, 0) is 10.9 Å². The van der Waals surface area contributed by atoms with Crippen LogP contribution >= 0.6 is 0 Å². The lowest BCUT2D eigenvalue weighted by Crippen LogP contribution is -2.16. The first-order valence-corrected chi connectivity index (χ1v) is 10.8. The molecule has 1 aromatic heterocycles. The molecule has 1 N–H and O–H groups in total. The molecule has 6 nitrogen and oxygen atoms in total. The van der Waals surface area contributed by atoms with Gasteiger partial charge in [-0.05, 0) is 50.5 Å². The van der Waals surface area contributed by atoms with E-state index in [2.05, 4.69) is 15.3 Å². The van der Waals surface area contributed by atoms with Gasteiger partial charge in [0.1, 0.15) is 18.2 Å². The summed E-state index contributed by atoms with van der Waals surface area (Å²) in [6.45, 7) is 4.68. The van der Waals surface area contributed by atoms with E-state index in [1.54, 1.807) is 39.2 Å². The maximum atomic E-state index is 13.1. The molecule has 0 amide bonds. The molecule has 2 atom stereocenters. The second-order valence-corrected chi connectivity index (χ2v) is 8.07. The van der Waals surface area contributed by atoms with Crippen molar-refractivity contribution in [2.45, 2.75) is 45.0 Å². The molecule has 33 heavy (non-hydrogen) atoms. The summed E-state index contributed by atoms with van der Waals surface area (Å²) in [6, 6.07) is 8.41. The molecule has 4 rings (SSSR count). The zero-order chi connectivity index (χ0) is 23.6. The third-order valence-corrected chi connectivity index (χ3v) is 5.61. The number of rotatable bonds is 7. The minimum atomic E-state index is -4.40. The van der Waals surface area contributed by atoms with Crippen LogP contribution in [0.25, 0.3) is 10.9 Å². The predicted octanol–water partition coefficient (Wildman–Crippen LogP) is 5.70. The van der Waals surface area contributed by atoms with Gasteiger partial charge >= 0.3 is 6.18 Å². The number of halogens is 3. The Morgan fingerprint density at radius 1 is 1.18 bits per heavy atom. The van der Waals surface area contributed by atoms with Gasteiger partial charge in [0, 0.05) is 24.1 Å². The fraction of sp³-hybridized carbons (Fsp3) is 0.417. The van der Waals surface area contributed by atoms with Gasteiger partial charge in [-0.2, -0.15) is 13.2 Å². The second-order valence-electron chi connectivity index (χ2n) is 8.07. The summed E-state index contributed by atoms with van der Waals surface area (Å²) in [5, 5.41) is 3.93. The lowest BCUT2D eigenvalue weighted by atomic mass is 10.0. The van der Waals surface area contributed by atoms with E-state index in [1.165, 1.54) is 6.07 Å². The largest absolute Gasteiger partial charge is 0.493 e. The molecule has 1 fully saturated rings. The van der Waals surface area contributed by atoms with Crippen LogP contribution in [0.15, 0.2) is 36.4 Å². The number of hydrogen-bond acceptors (Lipinski definition) is 6. The van der Waals surface area contributed by atoms with Crippen molar-refractivity contribution in [1.82, 2.24) is 9.97 Å². The first kappa shape index (κ1) is 23.1. The van der Waals surface area contributed by atoms with Gasteiger partial charge in [0.2, 0.25) is 0 Å². The molecule has 0 radical (unpaired) electrons. The molecule has 2 aromatic carbocycles. The van der Waals surface area contributed by atoms with Crippen molar-refractivity contribution in [3.8, 4) is 11.5 Å². The number of aryl methyl sites for hydroxylation is 1. The number of anilines is 1. The highest BCUT2D eigenvalue weighted by molar-refractivity contribution is 5.92. The van der Waals surface area contributed by atoms with E-state index >= 15 is 0 Å². The summed E-state index contributed by atoms with van der Waals surface area (Å²) in [4.78, 5) is 9.00. The number of aromatic nitrogens is 2. The van der Waals surface area contributed by atoms with Gasteiger partial charge in [-0.3, -0.25) is 0 Å². The number of fused-ring (bicyclic) bond motifs is 1. The van der Waals surface area contributed by atoms with Gasteiger partial charge in [0.15, 0.2) is 11.5 Å². The van der Waals surface area contributed by atoms with Gasteiger partial charge in [-0.25, -0.2) is 9.97 Å². The van der Waals surface area contributed by atoms with Crippen molar-refractivity contribution in [3.05, 3.63) is 53.3 Å². The van der Waals surface area contributed by atoms with Crippen LogP contribution in [0.3, 0.4) is 0 Å². The maximum Gasteiger partial charge on any atom is 0.416 e. The van der Waals surface area contributed by atoms with E-state index in [0.29, 0.717) is 46.2 Å². The first-order chi connectivity index (χ1) is 15.7. The van der Waals surface area contributed by atoms with Crippen LogP contribution in [0.1, 0.15) is 42.8 Å². The Morgan fingerprint density at radius 2 is 2.00 bits per heavy atom. The lowest BCUT2D eigenvalue weighted by Gasteiger charge is -2.19. The van der Waals surface area contributed by atoms with Crippen molar-refractivity contribution in [2.24, 2.45) is 0 Å². The minimum Gasteiger partial charge on any atom is -0.493 e. The van der Waals surface area contributed by atoms with Crippen molar-refractivity contribution in [3.63, 3.8) is 0 Å². The van der Waals surface area contributed by atoms with E-state index in [9.17, 15) is 13.2 Å². The normalized spacial score (nSPS) is 17.2. The Morgan fingerprint density at radius 3 is 2.70 bits per heavy atom. The van der Waals surface area contributed by atoms with E-state index in [1.807, 2.05) is 0 Å². The van der Waals surface area contributed by atoms with Crippen LogP contribution in [0.2, 0.25) is 0 Å². The monoisotopic (exact) mass is 461 g/mol. The van der Waals surface area contributed by atoms with Crippen molar-refractivity contribution in [2.75, 3.05) is 25.6 Å². The van der Waals surface area contributed by atoms with E-state index in [0.717, 1.165) is 31.6 Å². The highest BCUT2D eigenvalue weighted by Crippen LogP contribution is 2.36. The highest BCUT2D eigenvalue weighted by Gasteiger charge is 2.30. The topological polar surface area (TPSA) is 65.5 Å². The number of nitrogens with one attached hydrogen (secondary N) is 1. The molecule has 3 aromatic rings. The Bertz CT molecular complexity index is 1130. The van der Waals surface area contributed by atoms with Gasteiger partial charge in [0.25, 0.3) is 0 Å². The number of nitrogens with zero attached hydrogens (tertiary/aromatic N) is 2. The van der Waals surface area contributed by atoms with Crippen molar-refractivity contribution < 1.29 is 27.4 Å². The SMILES string of the molecule is COc1cc2nc(C)nc(N[C@H](C)c3cccc(C(F)(F)F)c3)c2cc1OC[C@H]1CCCO1. The third-order valence-electron chi connectivity index (χ3n) is 5.61. The Kier molecular flexibility index (Phi) is 6.60. The number of alkyl halides is 3. The van der Waals surface area contributed by atoms with Crippen LogP contribution in [-0.4, -0.2) is 36.4 Å². The first-order valence-electron chi connectivity index (χ1n) is 10.8. The Hall–Kier alpha value is -3.07. The molecule has 9 heteroatoms. The second kappa shape index (κ2) is 9.43. The molecule has 176 valence electrons. The average molecular weight is 461 g/mol. The quantitative estimate of drug-likeness (QED) is 0.487. The fourth-order valence-corrected chi connectivity index (χ4v) is 3.87. The van der Waals surface area contributed by atoms with Gasteiger partial charge in [-0.1, -0.05) is 12.1 Å². The van der Waals surface area contributed by atoms with Gasteiger partial charge in [-0.15, -0.1) is 0 Å². The molecule has 2 heterocycles. The van der Waals surface area contributed by atoms with E-state index in [4.69, 9.17) is 14.2 Å². The molecule has 1 aliphatic heterocycles. The summed E-state index contributed by atoms with van der Waals surface area (Å²) >= 11 is 0. The van der Waals surface area contributed by atoms with Crippen LogP contribution < -0.4 is 14.8 Å². The predicted molar refractivity (Wildman–Crippen MR) is 119 cm³/mol. The molecule has 0 saturated carbocycles. The Labute approximate surface area is 190 Å². The number of methoxy groups -OCH3 is 1. The fourth-order valence-electron chi connectivity index (χ4n) is 3.87. The Balaban J connectivity index is 1.65. The number of benzene rings is 2. The standard InChI is InChI=1S/C24H26F3N3O3/c1-14(16-6-4-7-17(10-16)24(25,26)27)28-23-19-11-22(33-13-18-8-5-9-32-18)21(31-3)12-20(19)29-15(2)30-23/h4,6-7,10-12,14,18H,5,8-9,13H2,1-3H3,(H,28,29,30)/t14-,18-/m1/s1. The molecule has 0 unspecified atom stereocenters. The van der Waals surface area contributed by atoms with Crippen LogP contribution in [0.5, 0.6) is 11.5 Å². The summed E-state index contributed by atoms with van der Waals surface area (Å²) in [7, 11) is 1.56. The molecule has 0 spiro atoms. The third kappa shape index (κ3) is 5.30. The summed E-state index contributed by atoms with van der Waals surface area (Å²) in [6.07, 6.45) is -2.41. The van der Waals surface area contributed by atoms with E-state index in [-0.39, 0.29) is 6.10 Å². The number of hydrogen-bond donors (Lipinski definition) is 1. The molecule has 0 aliphatic carbocycles. The molecule has 0 bridgehead atoms. The molecule has 1 saturated heterocycles. The van der Waals surface area contributed by atoms with E-state index < -0.39 is 17.8 Å². The summed E-state index contributed by atoms with van der Waals surface area (Å²) in [5.74, 6) is 2.10. The van der Waals surface area contributed by atoms with Crippen LogP contribution in [0, 0.1) is 6.92 Å². The van der Waals surface area contributed by atoms with Gasteiger partial charge < -0.3 is 19.5 Å².